The van der Waals surface area contributed by atoms with E-state index >= 15 is 0 Å². The summed E-state index contributed by atoms with van der Waals surface area (Å²) >= 11 is 5.46. The lowest BCUT2D eigenvalue weighted by atomic mass is 10.3. The summed E-state index contributed by atoms with van der Waals surface area (Å²) in [4.78, 5) is 9.90. The van der Waals surface area contributed by atoms with Gasteiger partial charge in [0.05, 0.1) is 5.69 Å². The third kappa shape index (κ3) is 1.91. The Balaban J connectivity index is 2.98. The van der Waals surface area contributed by atoms with E-state index < -0.39 is 5.82 Å². The molecule has 0 fully saturated rings. The molecule has 0 aromatic heterocycles. The molecule has 1 N–H and O–H groups in total. The number of anilines is 1. The Bertz CT molecular complexity index is 277. The number of carbonyl (C=O) groups is 1. The van der Waals surface area contributed by atoms with Crippen LogP contribution in [0.25, 0.3) is 0 Å². The molecule has 0 aliphatic carbocycles. The van der Waals surface area contributed by atoms with E-state index in [4.69, 9.17) is 11.6 Å². The van der Waals surface area contributed by atoms with Gasteiger partial charge >= 0.3 is 0 Å². The van der Waals surface area contributed by atoms with Gasteiger partial charge in [0, 0.05) is 5.02 Å². The van der Waals surface area contributed by atoms with E-state index in [2.05, 4.69) is 5.32 Å². The van der Waals surface area contributed by atoms with Crippen LogP contribution in [0.4, 0.5) is 10.1 Å². The number of amides is 1. The van der Waals surface area contributed by atoms with Crippen molar-refractivity contribution in [3.63, 3.8) is 0 Å². The highest BCUT2D eigenvalue weighted by atomic mass is 35.5. The van der Waals surface area contributed by atoms with Crippen molar-refractivity contribution in [1.82, 2.24) is 0 Å². The van der Waals surface area contributed by atoms with Gasteiger partial charge < -0.3 is 5.32 Å². The van der Waals surface area contributed by atoms with E-state index in [0.29, 0.717) is 11.4 Å². The number of rotatable bonds is 2. The Hall–Kier alpha value is -1.09. The van der Waals surface area contributed by atoms with E-state index in [1.54, 1.807) is 0 Å². The van der Waals surface area contributed by atoms with E-state index in [1.807, 2.05) is 0 Å². The van der Waals surface area contributed by atoms with Gasteiger partial charge in [-0.15, -0.1) is 0 Å². The summed E-state index contributed by atoms with van der Waals surface area (Å²) in [5.41, 5.74) is 0.129. The average molecular weight is 174 g/mol. The van der Waals surface area contributed by atoms with Crippen molar-refractivity contribution in [1.29, 1.82) is 0 Å². The zero-order valence-corrected chi connectivity index (χ0v) is 6.23. The number of hydrogen-bond acceptors (Lipinski definition) is 1. The maximum absolute atomic E-state index is 12.7. The molecule has 0 aliphatic heterocycles. The molecule has 0 heterocycles. The highest BCUT2D eigenvalue weighted by molar-refractivity contribution is 6.30. The number of benzene rings is 1. The minimum absolute atomic E-state index is 0.129. The maximum atomic E-state index is 12.7. The van der Waals surface area contributed by atoms with Crippen LogP contribution in [-0.4, -0.2) is 6.41 Å². The van der Waals surface area contributed by atoms with Crippen LogP contribution in [0.3, 0.4) is 0 Å². The molecule has 0 saturated heterocycles. The van der Waals surface area contributed by atoms with Gasteiger partial charge in [-0.3, -0.25) is 4.79 Å². The van der Waals surface area contributed by atoms with Gasteiger partial charge in [0.15, 0.2) is 0 Å². The third-order valence-corrected chi connectivity index (χ3v) is 1.38. The maximum Gasteiger partial charge on any atom is 0.211 e. The van der Waals surface area contributed by atoms with Crippen molar-refractivity contribution in [3.8, 4) is 0 Å². The predicted molar refractivity (Wildman–Crippen MR) is 41.1 cm³/mol. The minimum Gasteiger partial charge on any atom is -0.326 e. The fraction of sp³-hybridized carbons (Fsp3) is 0. The van der Waals surface area contributed by atoms with Gasteiger partial charge in [0.25, 0.3) is 0 Å². The smallest absolute Gasteiger partial charge is 0.211 e. The molecule has 0 atom stereocenters. The van der Waals surface area contributed by atoms with Crippen molar-refractivity contribution in [2.45, 2.75) is 0 Å². The molecule has 0 aliphatic rings. The third-order valence-electron chi connectivity index (χ3n) is 1.15. The van der Waals surface area contributed by atoms with Gasteiger partial charge in [0.2, 0.25) is 6.41 Å². The van der Waals surface area contributed by atoms with Crippen LogP contribution >= 0.6 is 11.6 Å². The summed E-state index contributed by atoms with van der Waals surface area (Å²) in [5, 5.41) is 2.49. The zero-order chi connectivity index (χ0) is 8.27. The van der Waals surface area contributed by atoms with Crippen molar-refractivity contribution < 1.29 is 9.18 Å². The summed E-state index contributed by atoms with van der Waals surface area (Å²) in [6, 6.07) is 4.02. The van der Waals surface area contributed by atoms with Gasteiger partial charge in [-0.2, -0.15) is 0 Å². The van der Waals surface area contributed by atoms with Crippen molar-refractivity contribution in [2.24, 2.45) is 0 Å². The molecular formula is C7H5ClFNO. The number of hydrogen-bond donors (Lipinski definition) is 1. The Morgan fingerprint density at radius 2 is 2.27 bits per heavy atom. The molecule has 11 heavy (non-hydrogen) atoms. The fourth-order valence-electron chi connectivity index (χ4n) is 0.670. The van der Waals surface area contributed by atoms with Crippen LogP contribution in [0.5, 0.6) is 0 Å². The van der Waals surface area contributed by atoms with Crippen molar-refractivity contribution >= 4 is 23.7 Å². The fourth-order valence-corrected chi connectivity index (χ4v) is 0.829. The molecule has 0 spiro atoms. The first-order valence-electron chi connectivity index (χ1n) is 2.89. The normalized spacial score (nSPS) is 9.27. The summed E-state index contributed by atoms with van der Waals surface area (Å²) < 4.78 is 12.7. The van der Waals surface area contributed by atoms with Crippen molar-refractivity contribution in [3.05, 3.63) is 29.0 Å². The standard InChI is InChI=1S/C7H5ClFNO/c8-5-1-2-7(10-4-11)6(9)3-5/h1-4H,(H,10,11). The molecule has 0 bridgehead atoms. The number of halogens is 2. The lowest BCUT2D eigenvalue weighted by molar-refractivity contribution is -0.105. The van der Waals surface area contributed by atoms with Crippen LogP contribution in [0.15, 0.2) is 18.2 Å². The zero-order valence-electron chi connectivity index (χ0n) is 5.47. The Kier molecular flexibility index (Phi) is 2.44. The topological polar surface area (TPSA) is 29.1 Å². The SMILES string of the molecule is O=CNc1ccc(Cl)cc1F. The molecule has 1 aromatic carbocycles. The van der Waals surface area contributed by atoms with Gasteiger partial charge in [-0.1, -0.05) is 11.6 Å². The highest BCUT2D eigenvalue weighted by Gasteiger charge is 1.99. The average Bonchev–Trinajstić information content (AvgIpc) is 1.95. The summed E-state index contributed by atoms with van der Waals surface area (Å²) in [6.45, 7) is 0. The Labute approximate surface area is 68.0 Å². The van der Waals surface area contributed by atoms with E-state index in [0.717, 1.165) is 6.07 Å². The van der Waals surface area contributed by atoms with E-state index in [9.17, 15) is 9.18 Å². The summed E-state index contributed by atoms with van der Waals surface area (Å²) in [5.74, 6) is -0.537. The van der Waals surface area contributed by atoms with Gasteiger partial charge in [-0.05, 0) is 18.2 Å². The molecule has 0 radical (unpaired) electrons. The lowest BCUT2D eigenvalue weighted by Gasteiger charge is -1.99. The first-order chi connectivity index (χ1) is 5.24. The molecule has 1 amide bonds. The largest absolute Gasteiger partial charge is 0.326 e. The molecule has 4 heteroatoms. The van der Waals surface area contributed by atoms with Crippen LogP contribution in [0.2, 0.25) is 5.02 Å². The second-order valence-electron chi connectivity index (χ2n) is 1.89. The predicted octanol–water partition coefficient (Wildman–Crippen LogP) is 2.05. The second kappa shape index (κ2) is 3.34. The van der Waals surface area contributed by atoms with Crippen LogP contribution in [-0.2, 0) is 4.79 Å². The molecule has 2 nitrogen and oxygen atoms in total. The number of nitrogens with one attached hydrogen (secondary N) is 1. The second-order valence-corrected chi connectivity index (χ2v) is 2.32. The quantitative estimate of drug-likeness (QED) is 0.682. The highest BCUT2D eigenvalue weighted by Crippen LogP contribution is 2.17. The van der Waals surface area contributed by atoms with Gasteiger partial charge in [0.1, 0.15) is 5.82 Å². The molecule has 0 saturated carbocycles. The lowest BCUT2D eigenvalue weighted by Crippen LogP contribution is -1.96. The Morgan fingerprint density at radius 3 is 2.82 bits per heavy atom. The summed E-state index contributed by atoms with van der Waals surface area (Å²) in [7, 11) is 0. The summed E-state index contributed by atoms with van der Waals surface area (Å²) in [6.07, 6.45) is 0.409. The van der Waals surface area contributed by atoms with E-state index in [-0.39, 0.29) is 5.69 Å². The van der Waals surface area contributed by atoms with Crippen LogP contribution < -0.4 is 5.32 Å². The van der Waals surface area contributed by atoms with Crippen LogP contribution in [0.1, 0.15) is 0 Å². The minimum atomic E-state index is -0.537. The first-order valence-corrected chi connectivity index (χ1v) is 3.27. The van der Waals surface area contributed by atoms with E-state index in [1.165, 1.54) is 12.1 Å². The number of carbonyl (C=O) groups excluding carboxylic acids is 1. The van der Waals surface area contributed by atoms with Gasteiger partial charge in [-0.25, -0.2) is 4.39 Å². The molecule has 1 aromatic rings. The molecular weight excluding hydrogens is 169 g/mol. The monoisotopic (exact) mass is 173 g/mol. The Morgan fingerprint density at radius 1 is 1.55 bits per heavy atom. The molecule has 58 valence electrons. The molecule has 0 unspecified atom stereocenters. The van der Waals surface area contributed by atoms with Crippen LogP contribution in [0, 0.1) is 5.82 Å². The molecule has 1 rings (SSSR count). The first kappa shape index (κ1) is 8.01. The van der Waals surface area contributed by atoms with Crippen molar-refractivity contribution in [2.75, 3.05) is 5.32 Å².